The molecule has 1 unspecified atom stereocenters. The highest BCUT2D eigenvalue weighted by Crippen LogP contribution is 2.29. The Balaban J connectivity index is 1.90. The van der Waals surface area contributed by atoms with E-state index in [1.54, 1.807) is 0 Å². The van der Waals surface area contributed by atoms with Crippen molar-refractivity contribution in [2.75, 3.05) is 11.0 Å². The fourth-order valence-corrected chi connectivity index (χ4v) is 2.85. The van der Waals surface area contributed by atoms with Crippen molar-refractivity contribution in [1.29, 1.82) is 0 Å². The first-order chi connectivity index (χ1) is 7.79. The molecule has 2 rings (SSSR count). The highest BCUT2D eigenvalue weighted by atomic mass is 127. The summed E-state index contributed by atoms with van der Waals surface area (Å²) >= 11 is 5.86. The van der Waals surface area contributed by atoms with Crippen molar-refractivity contribution in [2.45, 2.75) is 25.4 Å². The molecule has 0 N–H and O–H groups in total. The molecule has 0 bridgehead atoms. The van der Waals surface area contributed by atoms with Gasteiger partial charge in [-0.1, -0.05) is 57.1 Å². The number of alkyl halides is 1. The predicted octanol–water partition coefficient (Wildman–Crippen LogP) is 4.74. The van der Waals surface area contributed by atoms with E-state index in [9.17, 15) is 0 Å². The molecule has 1 aromatic rings. The van der Waals surface area contributed by atoms with Crippen LogP contribution in [0.5, 0.6) is 0 Å². The van der Waals surface area contributed by atoms with Crippen molar-refractivity contribution < 1.29 is 4.74 Å². The molecule has 1 atom stereocenters. The molecule has 1 aliphatic carbocycles. The molecular weight excluding hydrogens is 379 g/mol. The van der Waals surface area contributed by atoms with Crippen LogP contribution in [0.25, 0.3) is 0 Å². The van der Waals surface area contributed by atoms with Gasteiger partial charge in [-0.25, -0.2) is 0 Å². The second-order valence-corrected chi connectivity index (χ2v) is 6.12. The largest absolute Gasteiger partial charge is 0.372 e. The quantitative estimate of drug-likeness (QED) is 0.517. The van der Waals surface area contributed by atoms with E-state index in [1.165, 1.54) is 24.8 Å². The van der Waals surface area contributed by atoms with Gasteiger partial charge >= 0.3 is 0 Å². The van der Waals surface area contributed by atoms with Gasteiger partial charge in [-0.05, 0) is 36.5 Å². The molecule has 1 nitrogen and oxygen atoms in total. The molecule has 0 amide bonds. The summed E-state index contributed by atoms with van der Waals surface area (Å²) in [5, 5.41) is 0. The molecule has 3 heteroatoms. The van der Waals surface area contributed by atoms with Gasteiger partial charge < -0.3 is 4.74 Å². The predicted molar refractivity (Wildman–Crippen MR) is 79.1 cm³/mol. The Bertz CT molecular complexity index is 321. The molecule has 0 aliphatic heterocycles. The zero-order valence-corrected chi connectivity index (χ0v) is 12.9. The van der Waals surface area contributed by atoms with Crippen molar-refractivity contribution in [3.63, 3.8) is 0 Å². The van der Waals surface area contributed by atoms with E-state index in [0.717, 1.165) is 21.4 Å². The maximum absolute atomic E-state index is 6.00. The van der Waals surface area contributed by atoms with Crippen molar-refractivity contribution in [2.24, 2.45) is 5.92 Å². The van der Waals surface area contributed by atoms with E-state index >= 15 is 0 Å². The minimum absolute atomic E-state index is 0.259. The van der Waals surface area contributed by atoms with E-state index in [-0.39, 0.29) is 6.10 Å². The summed E-state index contributed by atoms with van der Waals surface area (Å²) in [6.45, 7) is 0.934. The second kappa shape index (κ2) is 6.36. The van der Waals surface area contributed by atoms with Crippen molar-refractivity contribution in [3.8, 4) is 0 Å². The minimum Gasteiger partial charge on any atom is -0.372 e. The summed E-state index contributed by atoms with van der Waals surface area (Å²) in [6, 6.07) is 8.46. The first kappa shape index (κ1) is 12.8. The molecule has 16 heavy (non-hydrogen) atoms. The van der Waals surface area contributed by atoms with E-state index < -0.39 is 0 Å². The third-order valence-corrected chi connectivity index (χ3v) is 4.47. The fraction of sp³-hybridized carbons (Fsp3) is 0.538. The first-order valence-electron chi connectivity index (χ1n) is 5.72. The van der Waals surface area contributed by atoms with Crippen LogP contribution in [0.15, 0.2) is 28.7 Å². The van der Waals surface area contributed by atoms with Crippen LogP contribution < -0.4 is 0 Å². The van der Waals surface area contributed by atoms with Crippen LogP contribution in [0.2, 0.25) is 0 Å². The number of rotatable bonds is 5. The Morgan fingerprint density at radius 2 is 2.00 bits per heavy atom. The number of hydrogen-bond donors (Lipinski definition) is 0. The van der Waals surface area contributed by atoms with Crippen LogP contribution in [-0.4, -0.2) is 11.0 Å². The molecule has 1 aliphatic rings. The zero-order valence-electron chi connectivity index (χ0n) is 9.16. The standard InChI is InChI=1S/C13H16BrIO/c14-12-6-4-11(5-7-12)13(8-15)16-9-10-2-1-3-10/h4-7,10,13H,1-3,8-9H2. The van der Waals surface area contributed by atoms with Crippen LogP contribution >= 0.6 is 38.5 Å². The lowest BCUT2D eigenvalue weighted by Crippen LogP contribution is -2.19. The molecule has 0 saturated heterocycles. The molecule has 0 radical (unpaired) electrons. The lowest BCUT2D eigenvalue weighted by molar-refractivity contribution is 0.0232. The van der Waals surface area contributed by atoms with Crippen LogP contribution in [0.1, 0.15) is 30.9 Å². The molecule has 0 heterocycles. The topological polar surface area (TPSA) is 9.23 Å². The molecule has 1 fully saturated rings. The minimum atomic E-state index is 0.259. The van der Waals surface area contributed by atoms with E-state index in [2.05, 4.69) is 62.8 Å². The van der Waals surface area contributed by atoms with Crippen molar-refractivity contribution >= 4 is 38.5 Å². The van der Waals surface area contributed by atoms with Crippen molar-refractivity contribution in [1.82, 2.24) is 0 Å². The molecular formula is C13H16BrIO. The molecule has 1 aromatic carbocycles. The van der Waals surface area contributed by atoms with Crippen LogP contribution in [0, 0.1) is 5.92 Å². The number of hydrogen-bond acceptors (Lipinski definition) is 1. The highest BCUT2D eigenvalue weighted by molar-refractivity contribution is 14.1. The van der Waals surface area contributed by atoms with E-state index in [1.807, 2.05) is 0 Å². The first-order valence-corrected chi connectivity index (χ1v) is 8.04. The van der Waals surface area contributed by atoms with Gasteiger partial charge in [0, 0.05) is 8.90 Å². The summed E-state index contributed by atoms with van der Waals surface area (Å²) in [4.78, 5) is 0. The summed E-state index contributed by atoms with van der Waals surface area (Å²) < 4.78 is 8.15. The fourth-order valence-electron chi connectivity index (χ4n) is 1.82. The lowest BCUT2D eigenvalue weighted by Gasteiger charge is -2.27. The number of ether oxygens (including phenoxy) is 1. The van der Waals surface area contributed by atoms with Crippen LogP contribution in [0.3, 0.4) is 0 Å². The van der Waals surface area contributed by atoms with Gasteiger partial charge in [0.2, 0.25) is 0 Å². The van der Waals surface area contributed by atoms with Gasteiger partial charge in [0.25, 0.3) is 0 Å². The normalized spacial score (nSPS) is 18.1. The van der Waals surface area contributed by atoms with Gasteiger partial charge in [-0.3, -0.25) is 0 Å². The van der Waals surface area contributed by atoms with E-state index in [4.69, 9.17) is 4.74 Å². The third kappa shape index (κ3) is 3.44. The third-order valence-electron chi connectivity index (χ3n) is 3.14. The molecule has 1 saturated carbocycles. The summed E-state index contributed by atoms with van der Waals surface area (Å²) in [5.74, 6) is 0.820. The van der Waals surface area contributed by atoms with Gasteiger partial charge in [0.15, 0.2) is 0 Å². The highest BCUT2D eigenvalue weighted by Gasteiger charge is 2.20. The van der Waals surface area contributed by atoms with Crippen LogP contribution in [0.4, 0.5) is 0 Å². The molecule has 0 aromatic heterocycles. The maximum atomic E-state index is 6.00. The average Bonchev–Trinajstić information content (AvgIpc) is 2.24. The Labute approximate surface area is 119 Å². The average molecular weight is 395 g/mol. The Morgan fingerprint density at radius 1 is 1.31 bits per heavy atom. The van der Waals surface area contributed by atoms with E-state index in [0.29, 0.717) is 0 Å². The smallest absolute Gasteiger partial charge is 0.0914 e. The molecule has 0 spiro atoms. The second-order valence-electron chi connectivity index (χ2n) is 4.32. The van der Waals surface area contributed by atoms with Crippen molar-refractivity contribution in [3.05, 3.63) is 34.3 Å². The molecule has 88 valence electrons. The summed E-state index contributed by atoms with van der Waals surface area (Å²) in [7, 11) is 0. The SMILES string of the molecule is Brc1ccc(C(CI)OCC2CCC2)cc1. The monoisotopic (exact) mass is 394 g/mol. The van der Waals surface area contributed by atoms with Gasteiger partial charge in [0.05, 0.1) is 12.7 Å². The van der Waals surface area contributed by atoms with Gasteiger partial charge in [-0.15, -0.1) is 0 Å². The lowest BCUT2D eigenvalue weighted by atomic mass is 9.86. The Morgan fingerprint density at radius 3 is 2.50 bits per heavy atom. The summed E-state index contributed by atoms with van der Waals surface area (Å²) in [6.07, 6.45) is 4.36. The van der Waals surface area contributed by atoms with Gasteiger partial charge in [0.1, 0.15) is 0 Å². The van der Waals surface area contributed by atoms with Gasteiger partial charge in [-0.2, -0.15) is 0 Å². The maximum Gasteiger partial charge on any atom is 0.0914 e. The number of halogens is 2. The number of benzene rings is 1. The zero-order chi connectivity index (χ0) is 11.4. The van der Waals surface area contributed by atoms with Crippen LogP contribution in [-0.2, 0) is 4.74 Å². The Hall–Kier alpha value is 0.390. The Kier molecular flexibility index (Phi) is 5.10. The summed E-state index contributed by atoms with van der Waals surface area (Å²) in [5.41, 5.74) is 1.29.